The van der Waals surface area contributed by atoms with Crippen LogP contribution in [0.4, 0.5) is 0 Å². The molecule has 0 fully saturated rings. The lowest BCUT2D eigenvalue weighted by Gasteiger charge is -2.12. The molecule has 0 saturated heterocycles. The number of H-pyrrole nitrogens is 1. The Morgan fingerprint density at radius 3 is 2.71 bits per heavy atom. The highest BCUT2D eigenvalue weighted by molar-refractivity contribution is 7.99. The van der Waals surface area contributed by atoms with Gasteiger partial charge in [0.15, 0.2) is 5.16 Å². The van der Waals surface area contributed by atoms with Crippen LogP contribution >= 0.6 is 11.8 Å². The molecule has 2 aromatic rings. The van der Waals surface area contributed by atoms with Crippen LogP contribution < -0.4 is 11.0 Å². The van der Waals surface area contributed by atoms with Crippen molar-refractivity contribution in [3.63, 3.8) is 0 Å². The Morgan fingerprint density at radius 2 is 2.14 bits per heavy atom. The first-order valence-electron chi connectivity index (χ1n) is 7.07. The summed E-state index contributed by atoms with van der Waals surface area (Å²) in [7, 11) is 0. The zero-order valence-corrected chi connectivity index (χ0v) is 13.6. The van der Waals surface area contributed by atoms with Gasteiger partial charge in [0.1, 0.15) is 0 Å². The van der Waals surface area contributed by atoms with Gasteiger partial charge in [-0.1, -0.05) is 6.92 Å². The number of pyridine rings is 1. The fourth-order valence-corrected chi connectivity index (χ4v) is 2.98. The van der Waals surface area contributed by atoms with E-state index in [0.29, 0.717) is 5.16 Å². The first-order chi connectivity index (χ1) is 10.0. The zero-order chi connectivity index (χ0) is 15.4. The van der Waals surface area contributed by atoms with E-state index in [1.54, 1.807) is 4.57 Å². The van der Waals surface area contributed by atoms with E-state index in [2.05, 4.69) is 34.3 Å². The SMILES string of the molecule is CCNC(C)c1ccc(Sc2n[nH]c(=O)n2C(C)C)cn1. The molecule has 0 saturated carbocycles. The molecule has 1 unspecified atom stereocenters. The molecule has 2 N–H and O–H groups in total. The molecule has 114 valence electrons. The Hall–Kier alpha value is -1.60. The summed E-state index contributed by atoms with van der Waals surface area (Å²) in [4.78, 5) is 17.1. The third kappa shape index (κ3) is 3.74. The third-order valence-corrected chi connectivity index (χ3v) is 4.06. The molecular weight excluding hydrogens is 286 g/mol. The van der Waals surface area contributed by atoms with Crippen LogP contribution in [-0.4, -0.2) is 26.3 Å². The number of nitrogens with one attached hydrogen (secondary N) is 2. The van der Waals surface area contributed by atoms with Gasteiger partial charge in [-0.25, -0.2) is 9.89 Å². The molecule has 2 heterocycles. The minimum atomic E-state index is -0.183. The van der Waals surface area contributed by atoms with Gasteiger partial charge in [0, 0.05) is 23.2 Å². The van der Waals surface area contributed by atoms with Gasteiger partial charge >= 0.3 is 5.69 Å². The predicted molar refractivity (Wildman–Crippen MR) is 83.7 cm³/mol. The van der Waals surface area contributed by atoms with E-state index < -0.39 is 0 Å². The van der Waals surface area contributed by atoms with Crippen molar-refractivity contribution in [1.82, 2.24) is 25.1 Å². The summed E-state index contributed by atoms with van der Waals surface area (Å²) in [5.41, 5.74) is 0.822. The van der Waals surface area contributed by atoms with Crippen molar-refractivity contribution in [2.75, 3.05) is 6.54 Å². The Kier molecular flexibility index (Phi) is 5.19. The molecule has 0 spiro atoms. The number of aromatic amines is 1. The quantitative estimate of drug-likeness (QED) is 0.857. The van der Waals surface area contributed by atoms with Crippen molar-refractivity contribution in [3.8, 4) is 0 Å². The van der Waals surface area contributed by atoms with Crippen LogP contribution in [0.3, 0.4) is 0 Å². The summed E-state index contributed by atoms with van der Waals surface area (Å²) in [6.07, 6.45) is 1.82. The largest absolute Gasteiger partial charge is 0.344 e. The molecule has 0 aliphatic heterocycles. The Balaban J connectivity index is 2.16. The molecule has 0 bridgehead atoms. The predicted octanol–water partition coefficient (Wildman–Crippen LogP) is 2.37. The maximum absolute atomic E-state index is 11.7. The highest BCUT2D eigenvalue weighted by Crippen LogP contribution is 2.26. The maximum atomic E-state index is 11.7. The molecule has 6 nitrogen and oxygen atoms in total. The first kappa shape index (κ1) is 15.8. The fraction of sp³-hybridized carbons (Fsp3) is 0.500. The molecule has 1 atom stereocenters. The van der Waals surface area contributed by atoms with Crippen molar-refractivity contribution in [2.45, 2.75) is 49.8 Å². The average Bonchev–Trinajstić information content (AvgIpc) is 2.81. The highest BCUT2D eigenvalue weighted by Gasteiger charge is 2.13. The van der Waals surface area contributed by atoms with Crippen LogP contribution in [0.1, 0.15) is 45.5 Å². The minimum absolute atomic E-state index is 0.0692. The Bertz CT molecular complexity index is 632. The topological polar surface area (TPSA) is 75.6 Å². The van der Waals surface area contributed by atoms with Crippen molar-refractivity contribution in [1.29, 1.82) is 0 Å². The second-order valence-corrected chi connectivity index (χ2v) is 6.12. The average molecular weight is 307 g/mol. The molecule has 0 aliphatic rings. The lowest BCUT2D eigenvalue weighted by molar-refractivity contribution is 0.534. The standard InChI is InChI=1S/C14H21N5OS/c1-5-15-10(4)12-7-6-11(8-16-12)21-14-18-17-13(20)19(14)9(2)3/h6-10,15H,5H2,1-4H3,(H,17,20). The number of hydrogen-bond donors (Lipinski definition) is 2. The summed E-state index contributed by atoms with van der Waals surface area (Å²) < 4.78 is 1.64. The van der Waals surface area contributed by atoms with E-state index >= 15 is 0 Å². The van der Waals surface area contributed by atoms with E-state index in [1.807, 2.05) is 32.2 Å². The molecular formula is C14H21N5OS. The van der Waals surface area contributed by atoms with E-state index in [-0.39, 0.29) is 17.8 Å². The Labute approximate surface area is 128 Å². The normalized spacial score (nSPS) is 12.8. The van der Waals surface area contributed by atoms with Crippen molar-refractivity contribution >= 4 is 11.8 Å². The van der Waals surface area contributed by atoms with Crippen LogP contribution in [0, 0.1) is 0 Å². The van der Waals surface area contributed by atoms with E-state index in [0.717, 1.165) is 17.1 Å². The number of nitrogens with zero attached hydrogens (tertiary/aromatic N) is 3. The molecule has 7 heteroatoms. The van der Waals surface area contributed by atoms with Crippen molar-refractivity contribution in [2.24, 2.45) is 0 Å². The Morgan fingerprint density at radius 1 is 1.38 bits per heavy atom. The second-order valence-electron chi connectivity index (χ2n) is 5.08. The monoisotopic (exact) mass is 307 g/mol. The van der Waals surface area contributed by atoms with E-state index in [1.165, 1.54) is 11.8 Å². The van der Waals surface area contributed by atoms with Crippen molar-refractivity contribution < 1.29 is 0 Å². The van der Waals surface area contributed by atoms with Gasteiger partial charge in [0.25, 0.3) is 0 Å². The molecule has 2 aromatic heterocycles. The molecule has 0 aromatic carbocycles. The van der Waals surface area contributed by atoms with Gasteiger partial charge in [0.2, 0.25) is 0 Å². The summed E-state index contributed by atoms with van der Waals surface area (Å²) in [5, 5.41) is 10.5. The van der Waals surface area contributed by atoms with Gasteiger partial charge in [-0.2, -0.15) is 0 Å². The first-order valence-corrected chi connectivity index (χ1v) is 7.88. The van der Waals surface area contributed by atoms with Gasteiger partial charge in [-0.3, -0.25) is 9.55 Å². The molecule has 2 rings (SSSR count). The van der Waals surface area contributed by atoms with Crippen molar-refractivity contribution in [3.05, 3.63) is 34.5 Å². The van der Waals surface area contributed by atoms with Gasteiger partial charge in [-0.05, 0) is 51.2 Å². The van der Waals surface area contributed by atoms with Crippen LogP contribution in [0.5, 0.6) is 0 Å². The zero-order valence-electron chi connectivity index (χ0n) is 12.8. The molecule has 0 radical (unpaired) electrons. The summed E-state index contributed by atoms with van der Waals surface area (Å²) in [6, 6.07) is 4.30. The molecule has 0 aliphatic carbocycles. The number of rotatable bonds is 6. The molecule has 0 amide bonds. The second kappa shape index (κ2) is 6.91. The minimum Gasteiger partial charge on any atom is -0.309 e. The van der Waals surface area contributed by atoms with E-state index in [4.69, 9.17) is 0 Å². The van der Waals surface area contributed by atoms with Crippen LogP contribution in [0.2, 0.25) is 0 Å². The van der Waals surface area contributed by atoms with Gasteiger partial charge in [-0.15, -0.1) is 5.10 Å². The summed E-state index contributed by atoms with van der Waals surface area (Å²) in [5.74, 6) is 0. The summed E-state index contributed by atoms with van der Waals surface area (Å²) >= 11 is 1.43. The lowest BCUT2D eigenvalue weighted by atomic mass is 10.2. The molecule has 21 heavy (non-hydrogen) atoms. The number of hydrogen-bond acceptors (Lipinski definition) is 5. The van der Waals surface area contributed by atoms with Gasteiger partial charge in [0.05, 0.1) is 5.69 Å². The maximum Gasteiger partial charge on any atom is 0.344 e. The smallest absolute Gasteiger partial charge is 0.309 e. The van der Waals surface area contributed by atoms with Crippen LogP contribution in [0.15, 0.2) is 33.2 Å². The van der Waals surface area contributed by atoms with E-state index in [9.17, 15) is 4.79 Å². The third-order valence-electron chi connectivity index (χ3n) is 3.11. The van der Waals surface area contributed by atoms with Crippen LogP contribution in [0.25, 0.3) is 0 Å². The highest BCUT2D eigenvalue weighted by atomic mass is 32.2. The van der Waals surface area contributed by atoms with Crippen LogP contribution in [-0.2, 0) is 0 Å². The number of aromatic nitrogens is 4. The summed E-state index contributed by atoms with van der Waals surface area (Å²) in [6.45, 7) is 8.99. The fourth-order valence-electron chi connectivity index (χ4n) is 2.04. The van der Waals surface area contributed by atoms with Gasteiger partial charge < -0.3 is 5.32 Å². The lowest BCUT2D eigenvalue weighted by Crippen LogP contribution is -2.19.